The van der Waals surface area contributed by atoms with Gasteiger partial charge in [0.1, 0.15) is 0 Å². The maximum absolute atomic E-state index is 11.1. The predicted octanol–water partition coefficient (Wildman–Crippen LogP) is 1.81. The first-order valence-corrected chi connectivity index (χ1v) is 8.37. The summed E-state index contributed by atoms with van der Waals surface area (Å²) in [7, 11) is -3.20. The minimum atomic E-state index is -3.20. The molecule has 0 radical (unpaired) electrons. The number of rotatable bonds is 8. The molecular weight excluding hydrogens is 262 g/mol. The molecule has 0 amide bonds. The number of likely N-dealkylation sites (N-methyl/N-ethyl adjacent to an activating group) is 1. The average molecular weight is 285 g/mol. The Morgan fingerprint density at radius 3 is 2.05 bits per heavy atom. The molecule has 0 aromatic heterocycles. The fraction of sp³-hybridized carbons (Fsp3) is 0.538. The van der Waals surface area contributed by atoms with Crippen LogP contribution in [0.3, 0.4) is 0 Å². The zero-order valence-corrected chi connectivity index (χ0v) is 12.6. The molecule has 108 valence electrons. The van der Waals surface area contributed by atoms with Crippen molar-refractivity contribution in [1.29, 1.82) is 0 Å². The van der Waals surface area contributed by atoms with Crippen LogP contribution in [0.15, 0.2) is 24.3 Å². The molecule has 0 bridgehead atoms. The molecule has 0 unspecified atom stereocenters. The number of nitrogens with zero attached hydrogens (tertiary/aromatic N) is 1. The first-order valence-electron chi connectivity index (χ1n) is 6.48. The van der Waals surface area contributed by atoms with Crippen LogP contribution in [0.5, 0.6) is 0 Å². The topological polar surface area (TPSA) is 61.4 Å². The third kappa shape index (κ3) is 6.45. The predicted molar refractivity (Wildman–Crippen MR) is 81.2 cm³/mol. The van der Waals surface area contributed by atoms with Gasteiger partial charge < -0.3 is 10.2 Å². The third-order valence-corrected chi connectivity index (χ3v) is 3.45. The van der Waals surface area contributed by atoms with Crippen LogP contribution in [0.1, 0.15) is 13.8 Å². The van der Waals surface area contributed by atoms with Crippen molar-refractivity contribution in [1.82, 2.24) is 4.90 Å². The van der Waals surface area contributed by atoms with E-state index in [0.717, 1.165) is 38.1 Å². The van der Waals surface area contributed by atoms with Gasteiger partial charge in [-0.15, -0.1) is 0 Å². The summed E-state index contributed by atoms with van der Waals surface area (Å²) in [6, 6.07) is 7.24. The van der Waals surface area contributed by atoms with Crippen molar-refractivity contribution in [2.75, 3.05) is 42.5 Å². The van der Waals surface area contributed by atoms with Gasteiger partial charge in [-0.1, -0.05) is 13.8 Å². The standard InChI is InChI=1S/C13H23N3O2S/c1-4-16(5-2)11-10-14-12-6-8-13(9-7-12)15-19(3,17)18/h6-9,14-15H,4-5,10-11H2,1-3H3. The smallest absolute Gasteiger partial charge is 0.229 e. The van der Waals surface area contributed by atoms with Crippen LogP contribution in [0.2, 0.25) is 0 Å². The summed E-state index contributed by atoms with van der Waals surface area (Å²) in [5.41, 5.74) is 1.57. The highest BCUT2D eigenvalue weighted by Crippen LogP contribution is 2.14. The minimum Gasteiger partial charge on any atom is -0.384 e. The average Bonchev–Trinajstić information content (AvgIpc) is 2.35. The van der Waals surface area contributed by atoms with Crippen LogP contribution in [0, 0.1) is 0 Å². The maximum atomic E-state index is 11.1. The van der Waals surface area contributed by atoms with Crippen molar-refractivity contribution in [3.05, 3.63) is 24.3 Å². The van der Waals surface area contributed by atoms with Crippen molar-refractivity contribution in [3.63, 3.8) is 0 Å². The molecule has 0 aliphatic carbocycles. The van der Waals surface area contributed by atoms with Gasteiger partial charge in [0, 0.05) is 24.5 Å². The van der Waals surface area contributed by atoms with Gasteiger partial charge in [0.2, 0.25) is 10.0 Å². The number of hydrogen-bond acceptors (Lipinski definition) is 4. The summed E-state index contributed by atoms with van der Waals surface area (Å²) < 4.78 is 24.6. The lowest BCUT2D eigenvalue weighted by molar-refractivity contribution is 0.316. The van der Waals surface area contributed by atoms with E-state index in [9.17, 15) is 8.42 Å². The molecule has 1 aromatic rings. The van der Waals surface area contributed by atoms with Gasteiger partial charge in [0.05, 0.1) is 6.26 Å². The Hall–Kier alpha value is -1.27. The molecule has 0 aliphatic heterocycles. The van der Waals surface area contributed by atoms with Crippen molar-refractivity contribution >= 4 is 21.4 Å². The van der Waals surface area contributed by atoms with Crippen LogP contribution in [-0.4, -0.2) is 45.8 Å². The summed E-state index contributed by atoms with van der Waals surface area (Å²) in [4.78, 5) is 2.34. The second-order valence-electron chi connectivity index (χ2n) is 4.41. The maximum Gasteiger partial charge on any atom is 0.229 e. The summed E-state index contributed by atoms with van der Waals surface area (Å²) >= 11 is 0. The molecule has 0 aliphatic rings. The van der Waals surface area contributed by atoms with E-state index in [-0.39, 0.29) is 0 Å². The van der Waals surface area contributed by atoms with E-state index < -0.39 is 10.0 Å². The minimum absolute atomic E-state index is 0.580. The Morgan fingerprint density at radius 2 is 1.58 bits per heavy atom. The fourth-order valence-corrected chi connectivity index (χ4v) is 2.33. The van der Waals surface area contributed by atoms with E-state index in [4.69, 9.17) is 0 Å². The van der Waals surface area contributed by atoms with E-state index in [1.165, 1.54) is 0 Å². The summed E-state index contributed by atoms with van der Waals surface area (Å²) in [5.74, 6) is 0. The van der Waals surface area contributed by atoms with Crippen molar-refractivity contribution < 1.29 is 8.42 Å². The van der Waals surface area contributed by atoms with Crippen LogP contribution in [-0.2, 0) is 10.0 Å². The first kappa shape index (κ1) is 15.8. The van der Waals surface area contributed by atoms with Crippen LogP contribution < -0.4 is 10.0 Å². The highest BCUT2D eigenvalue weighted by Gasteiger charge is 2.02. The Labute approximate surface area is 116 Å². The summed E-state index contributed by atoms with van der Waals surface area (Å²) in [5, 5.41) is 3.31. The van der Waals surface area contributed by atoms with Gasteiger partial charge in [-0.3, -0.25) is 4.72 Å². The quantitative estimate of drug-likeness (QED) is 0.765. The Bertz CT molecular complexity index is 467. The van der Waals surface area contributed by atoms with Gasteiger partial charge in [-0.05, 0) is 37.4 Å². The second-order valence-corrected chi connectivity index (χ2v) is 6.15. The molecule has 0 saturated heterocycles. The van der Waals surface area contributed by atoms with Crippen LogP contribution in [0.25, 0.3) is 0 Å². The molecule has 1 aromatic carbocycles. The Morgan fingerprint density at radius 1 is 1.05 bits per heavy atom. The lowest BCUT2D eigenvalue weighted by atomic mass is 10.3. The summed E-state index contributed by atoms with van der Waals surface area (Å²) in [6.45, 7) is 8.27. The molecule has 2 N–H and O–H groups in total. The number of benzene rings is 1. The van der Waals surface area contributed by atoms with Gasteiger partial charge >= 0.3 is 0 Å². The van der Waals surface area contributed by atoms with Gasteiger partial charge in [0.25, 0.3) is 0 Å². The van der Waals surface area contributed by atoms with Crippen molar-refractivity contribution in [2.24, 2.45) is 0 Å². The largest absolute Gasteiger partial charge is 0.384 e. The van der Waals surface area contributed by atoms with E-state index in [1.807, 2.05) is 12.1 Å². The molecule has 0 atom stereocenters. The van der Waals surface area contributed by atoms with E-state index in [0.29, 0.717) is 5.69 Å². The SMILES string of the molecule is CCN(CC)CCNc1ccc(NS(C)(=O)=O)cc1. The lowest BCUT2D eigenvalue weighted by Crippen LogP contribution is -2.28. The molecule has 0 saturated carbocycles. The van der Waals surface area contributed by atoms with E-state index >= 15 is 0 Å². The van der Waals surface area contributed by atoms with Crippen LogP contribution >= 0.6 is 0 Å². The Kier molecular flexibility index (Phi) is 6.11. The molecule has 0 heterocycles. The zero-order valence-electron chi connectivity index (χ0n) is 11.8. The highest BCUT2D eigenvalue weighted by atomic mass is 32.2. The molecule has 6 heteroatoms. The van der Waals surface area contributed by atoms with E-state index in [1.54, 1.807) is 12.1 Å². The molecule has 0 spiro atoms. The number of nitrogens with one attached hydrogen (secondary N) is 2. The summed E-state index contributed by atoms with van der Waals surface area (Å²) in [6.07, 6.45) is 1.14. The van der Waals surface area contributed by atoms with Crippen LogP contribution in [0.4, 0.5) is 11.4 Å². The monoisotopic (exact) mass is 285 g/mol. The van der Waals surface area contributed by atoms with Gasteiger partial charge in [-0.25, -0.2) is 8.42 Å². The van der Waals surface area contributed by atoms with Crippen molar-refractivity contribution in [2.45, 2.75) is 13.8 Å². The number of sulfonamides is 1. The molecule has 5 nitrogen and oxygen atoms in total. The zero-order chi connectivity index (χ0) is 14.3. The molecule has 19 heavy (non-hydrogen) atoms. The van der Waals surface area contributed by atoms with Gasteiger partial charge in [-0.2, -0.15) is 0 Å². The van der Waals surface area contributed by atoms with Gasteiger partial charge in [0.15, 0.2) is 0 Å². The second kappa shape index (κ2) is 7.35. The molecular formula is C13H23N3O2S. The first-order chi connectivity index (χ1) is 8.94. The molecule has 1 rings (SSSR count). The lowest BCUT2D eigenvalue weighted by Gasteiger charge is -2.18. The van der Waals surface area contributed by atoms with E-state index in [2.05, 4.69) is 28.8 Å². The highest BCUT2D eigenvalue weighted by molar-refractivity contribution is 7.92. The number of hydrogen-bond donors (Lipinski definition) is 2. The fourth-order valence-electron chi connectivity index (χ4n) is 1.77. The van der Waals surface area contributed by atoms with Crippen molar-refractivity contribution in [3.8, 4) is 0 Å². The Balaban J connectivity index is 2.44. The number of anilines is 2. The third-order valence-electron chi connectivity index (χ3n) is 2.84. The molecule has 0 fully saturated rings. The normalized spacial score (nSPS) is 11.6.